The van der Waals surface area contributed by atoms with Crippen LogP contribution in [0.4, 0.5) is 0 Å². The van der Waals surface area contributed by atoms with E-state index in [1.807, 2.05) is 18.2 Å². The quantitative estimate of drug-likeness (QED) is 0.738. The number of halogens is 1. The van der Waals surface area contributed by atoms with Crippen molar-refractivity contribution in [1.82, 2.24) is 5.32 Å². The predicted molar refractivity (Wildman–Crippen MR) is 73.9 cm³/mol. The molecule has 1 aromatic carbocycles. The number of nitrogens with one attached hydrogen (secondary N) is 1. The average molecular weight is 256 g/mol. The van der Waals surface area contributed by atoms with Gasteiger partial charge in [0.15, 0.2) is 0 Å². The van der Waals surface area contributed by atoms with Crippen LogP contribution in [-0.2, 0) is 0 Å². The van der Waals surface area contributed by atoms with Gasteiger partial charge >= 0.3 is 0 Å². The van der Waals surface area contributed by atoms with Gasteiger partial charge < -0.3 is 10.1 Å². The average Bonchev–Trinajstić information content (AvgIpc) is 2.31. The molecular weight excluding hydrogens is 234 g/mol. The molecule has 1 rings (SSSR count). The molecule has 0 saturated heterocycles. The van der Waals surface area contributed by atoms with Gasteiger partial charge in [-0.2, -0.15) is 0 Å². The highest BCUT2D eigenvalue weighted by Crippen LogP contribution is 2.28. The van der Waals surface area contributed by atoms with E-state index in [1.165, 1.54) is 0 Å². The number of ether oxygens (including phenoxy) is 1. The Kier molecular flexibility index (Phi) is 6.38. The van der Waals surface area contributed by atoms with E-state index in [2.05, 4.69) is 26.1 Å². The predicted octanol–water partition coefficient (Wildman–Crippen LogP) is 4.19. The molecule has 0 aliphatic rings. The molecule has 0 saturated carbocycles. The lowest BCUT2D eigenvalue weighted by Crippen LogP contribution is -2.18. The van der Waals surface area contributed by atoms with Crippen LogP contribution < -0.4 is 10.1 Å². The van der Waals surface area contributed by atoms with Crippen molar-refractivity contribution in [2.75, 3.05) is 13.2 Å². The third-order valence-electron chi connectivity index (χ3n) is 2.70. The van der Waals surface area contributed by atoms with E-state index in [0.29, 0.717) is 0 Å². The molecule has 0 fully saturated rings. The maximum atomic E-state index is 6.04. The van der Waals surface area contributed by atoms with Crippen LogP contribution in [0.15, 0.2) is 18.2 Å². The van der Waals surface area contributed by atoms with Crippen molar-refractivity contribution in [3.63, 3.8) is 0 Å². The zero-order chi connectivity index (χ0) is 12.7. The summed E-state index contributed by atoms with van der Waals surface area (Å²) in [6.07, 6.45) is 2.23. The normalized spacial score (nSPS) is 12.5. The molecule has 0 aromatic heterocycles. The largest absolute Gasteiger partial charge is 0.493 e. The van der Waals surface area contributed by atoms with Gasteiger partial charge in [-0.15, -0.1) is 0 Å². The second kappa shape index (κ2) is 7.57. The Morgan fingerprint density at radius 3 is 2.76 bits per heavy atom. The lowest BCUT2D eigenvalue weighted by atomic mass is 10.1. The van der Waals surface area contributed by atoms with Crippen molar-refractivity contribution >= 4 is 11.6 Å². The summed E-state index contributed by atoms with van der Waals surface area (Å²) >= 11 is 6.04. The van der Waals surface area contributed by atoms with Gasteiger partial charge in [0.2, 0.25) is 0 Å². The van der Waals surface area contributed by atoms with Gasteiger partial charge in [-0.1, -0.05) is 31.9 Å². The van der Waals surface area contributed by atoms with E-state index >= 15 is 0 Å². The summed E-state index contributed by atoms with van der Waals surface area (Å²) in [6.45, 7) is 8.08. The summed E-state index contributed by atoms with van der Waals surface area (Å²) in [7, 11) is 0. The molecule has 1 aromatic rings. The fourth-order valence-corrected chi connectivity index (χ4v) is 1.91. The van der Waals surface area contributed by atoms with E-state index in [9.17, 15) is 0 Å². The summed E-state index contributed by atoms with van der Waals surface area (Å²) in [5.74, 6) is 0.941. The number of unbranched alkanes of at least 4 members (excludes halogenated alkanes) is 1. The Morgan fingerprint density at radius 1 is 1.35 bits per heavy atom. The van der Waals surface area contributed by atoms with Gasteiger partial charge in [0.25, 0.3) is 0 Å². The minimum absolute atomic E-state index is 0.260. The first-order valence-electron chi connectivity index (χ1n) is 6.34. The second-order valence-corrected chi connectivity index (χ2v) is 4.60. The molecule has 0 radical (unpaired) electrons. The summed E-state index contributed by atoms with van der Waals surface area (Å²) in [4.78, 5) is 0. The summed E-state index contributed by atoms with van der Waals surface area (Å²) in [5.41, 5.74) is 1.13. The van der Waals surface area contributed by atoms with Crippen molar-refractivity contribution in [3.05, 3.63) is 28.8 Å². The van der Waals surface area contributed by atoms with Crippen LogP contribution in [0.3, 0.4) is 0 Å². The molecule has 0 bridgehead atoms. The topological polar surface area (TPSA) is 21.3 Å². The Labute approximate surface area is 109 Å². The first kappa shape index (κ1) is 14.3. The van der Waals surface area contributed by atoms with Gasteiger partial charge in [0.05, 0.1) is 6.61 Å². The van der Waals surface area contributed by atoms with Crippen molar-refractivity contribution in [2.24, 2.45) is 0 Å². The van der Waals surface area contributed by atoms with Gasteiger partial charge in [0, 0.05) is 16.6 Å². The fraction of sp³-hybridized carbons (Fsp3) is 0.571. The molecule has 1 N–H and O–H groups in total. The Balaban J connectivity index is 2.79. The first-order valence-corrected chi connectivity index (χ1v) is 6.72. The zero-order valence-corrected chi connectivity index (χ0v) is 11.7. The molecule has 0 heterocycles. The first-order chi connectivity index (χ1) is 8.19. The van der Waals surface area contributed by atoms with Crippen LogP contribution in [0.1, 0.15) is 45.2 Å². The van der Waals surface area contributed by atoms with Gasteiger partial charge in [0.1, 0.15) is 5.75 Å². The Hall–Kier alpha value is -0.730. The molecule has 17 heavy (non-hydrogen) atoms. The minimum Gasteiger partial charge on any atom is -0.493 e. The molecule has 1 atom stereocenters. The molecule has 2 nitrogen and oxygen atoms in total. The van der Waals surface area contributed by atoms with E-state index in [0.717, 1.165) is 42.3 Å². The monoisotopic (exact) mass is 255 g/mol. The number of rotatable bonds is 7. The number of benzene rings is 1. The highest BCUT2D eigenvalue weighted by Gasteiger charge is 2.11. The molecule has 0 aliphatic heterocycles. The Morgan fingerprint density at radius 2 is 2.12 bits per heavy atom. The van der Waals surface area contributed by atoms with Crippen LogP contribution in [0, 0.1) is 0 Å². The fourth-order valence-electron chi connectivity index (χ4n) is 1.73. The molecule has 1 unspecified atom stereocenters. The molecular formula is C14H22ClNO. The highest BCUT2D eigenvalue weighted by molar-refractivity contribution is 6.30. The van der Waals surface area contributed by atoms with Crippen LogP contribution in [0.25, 0.3) is 0 Å². The van der Waals surface area contributed by atoms with Crippen LogP contribution in [0.5, 0.6) is 5.75 Å². The van der Waals surface area contributed by atoms with E-state index in [-0.39, 0.29) is 6.04 Å². The maximum Gasteiger partial charge on any atom is 0.124 e. The van der Waals surface area contributed by atoms with Crippen molar-refractivity contribution in [3.8, 4) is 5.75 Å². The van der Waals surface area contributed by atoms with Gasteiger partial charge in [-0.25, -0.2) is 0 Å². The molecule has 0 spiro atoms. The lowest BCUT2D eigenvalue weighted by Gasteiger charge is -2.18. The molecule has 96 valence electrons. The SMILES string of the molecule is CCCCOc1ccc(Cl)cc1C(C)NCC. The van der Waals surface area contributed by atoms with Crippen LogP contribution in [0.2, 0.25) is 5.02 Å². The van der Waals surface area contributed by atoms with Crippen molar-refractivity contribution < 1.29 is 4.74 Å². The number of hydrogen-bond donors (Lipinski definition) is 1. The van der Waals surface area contributed by atoms with Gasteiger partial charge in [-0.3, -0.25) is 0 Å². The van der Waals surface area contributed by atoms with E-state index < -0.39 is 0 Å². The van der Waals surface area contributed by atoms with Crippen molar-refractivity contribution in [2.45, 2.75) is 39.7 Å². The standard InChI is InChI=1S/C14H22ClNO/c1-4-6-9-17-14-8-7-12(15)10-13(14)11(3)16-5-2/h7-8,10-11,16H,4-6,9H2,1-3H3. The van der Waals surface area contributed by atoms with E-state index in [1.54, 1.807) is 0 Å². The molecule has 3 heteroatoms. The highest BCUT2D eigenvalue weighted by atomic mass is 35.5. The third-order valence-corrected chi connectivity index (χ3v) is 2.94. The molecule has 0 aliphatic carbocycles. The van der Waals surface area contributed by atoms with Crippen LogP contribution >= 0.6 is 11.6 Å². The smallest absolute Gasteiger partial charge is 0.124 e. The van der Waals surface area contributed by atoms with Gasteiger partial charge in [-0.05, 0) is 38.1 Å². The van der Waals surface area contributed by atoms with E-state index in [4.69, 9.17) is 16.3 Å². The summed E-state index contributed by atoms with van der Waals surface area (Å²) in [6, 6.07) is 6.08. The number of hydrogen-bond acceptors (Lipinski definition) is 2. The minimum atomic E-state index is 0.260. The maximum absolute atomic E-state index is 6.04. The summed E-state index contributed by atoms with van der Waals surface area (Å²) in [5, 5.41) is 4.14. The Bertz CT molecular complexity index is 341. The van der Waals surface area contributed by atoms with Crippen LogP contribution in [-0.4, -0.2) is 13.2 Å². The summed E-state index contributed by atoms with van der Waals surface area (Å²) < 4.78 is 5.80. The van der Waals surface area contributed by atoms with Crippen molar-refractivity contribution in [1.29, 1.82) is 0 Å². The third kappa shape index (κ3) is 4.57. The second-order valence-electron chi connectivity index (χ2n) is 4.16. The lowest BCUT2D eigenvalue weighted by molar-refractivity contribution is 0.303. The zero-order valence-electron chi connectivity index (χ0n) is 10.9. The molecule has 0 amide bonds.